The van der Waals surface area contributed by atoms with E-state index in [4.69, 9.17) is 0 Å². The lowest BCUT2D eigenvalue weighted by Gasteiger charge is -2.48. The summed E-state index contributed by atoms with van der Waals surface area (Å²) in [7, 11) is 1.26. The average molecular weight is 312 g/mol. The molecule has 0 aromatic carbocycles. The highest BCUT2D eigenvalue weighted by atomic mass is 28.1. The Balaban J connectivity index is 2.15. The predicted molar refractivity (Wildman–Crippen MR) is 95.8 cm³/mol. The van der Waals surface area contributed by atoms with Crippen LogP contribution in [0.5, 0.6) is 0 Å². The summed E-state index contributed by atoms with van der Waals surface area (Å²) in [5, 5.41) is 12.4. The van der Waals surface area contributed by atoms with E-state index in [1.165, 1.54) is 61.6 Å². The summed E-state index contributed by atoms with van der Waals surface area (Å²) in [6.07, 6.45) is 10.9. The third-order valence-electron chi connectivity index (χ3n) is 5.22. The molecule has 0 saturated heterocycles. The molecule has 0 radical (unpaired) electrons. The third-order valence-corrected chi connectivity index (χ3v) is 6.47. The normalized spacial score (nSPS) is 33.1. The Kier molecular flexibility index (Phi) is 5.91. The molecule has 0 bridgehead atoms. The van der Waals surface area contributed by atoms with Crippen LogP contribution in [0.4, 0.5) is 0 Å². The maximum absolute atomic E-state index is 4.18. The smallest absolute Gasteiger partial charge is 0.0848 e. The van der Waals surface area contributed by atoms with E-state index >= 15 is 0 Å². The first-order valence-corrected chi connectivity index (χ1v) is 10.2. The highest BCUT2D eigenvalue weighted by molar-refractivity contribution is 6.15. The van der Waals surface area contributed by atoms with Gasteiger partial charge in [-0.05, 0) is 46.0 Å². The molecule has 3 nitrogen and oxygen atoms in total. The van der Waals surface area contributed by atoms with Crippen LogP contribution in [0.3, 0.4) is 0 Å². The van der Waals surface area contributed by atoms with Gasteiger partial charge in [-0.2, -0.15) is 0 Å². The standard InChI is InChI=1S/C17H37N3Si/c1-13(2)18-15-9-8-12-17(15,19-14(3)4)20-16(21)10-6-5-7-11-16/h13-15,18-20H,5-12H2,1-4,21H3. The molecule has 0 amide bonds. The largest absolute Gasteiger partial charge is 0.309 e. The molecule has 3 N–H and O–H groups in total. The zero-order chi connectivity index (χ0) is 15.5. The van der Waals surface area contributed by atoms with E-state index in [0.29, 0.717) is 23.3 Å². The van der Waals surface area contributed by atoms with E-state index in [1.807, 2.05) is 0 Å². The summed E-state index contributed by atoms with van der Waals surface area (Å²) in [6, 6.07) is 1.65. The van der Waals surface area contributed by atoms with Crippen LogP contribution < -0.4 is 16.0 Å². The molecule has 0 spiro atoms. The number of hydrogen-bond acceptors (Lipinski definition) is 3. The van der Waals surface area contributed by atoms with Gasteiger partial charge in [-0.1, -0.05) is 33.1 Å². The maximum Gasteiger partial charge on any atom is 0.0848 e. The van der Waals surface area contributed by atoms with E-state index in [9.17, 15) is 0 Å². The van der Waals surface area contributed by atoms with Crippen LogP contribution in [0.1, 0.15) is 79.1 Å². The highest BCUT2D eigenvalue weighted by Crippen LogP contribution is 2.34. The summed E-state index contributed by atoms with van der Waals surface area (Å²) in [5.41, 5.74) is 0.109. The Morgan fingerprint density at radius 3 is 2.14 bits per heavy atom. The molecule has 0 aliphatic heterocycles. The van der Waals surface area contributed by atoms with Crippen LogP contribution in [0.2, 0.25) is 0 Å². The zero-order valence-electron chi connectivity index (χ0n) is 14.9. The second kappa shape index (κ2) is 7.11. The van der Waals surface area contributed by atoms with Crippen molar-refractivity contribution in [2.24, 2.45) is 0 Å². The molecule has 124 valence electrons. The van der Waals surface area contributed by atoms with Crippen molar-refractivity contribution in [2.45, 2.75) is 108 Å². The van der Waals surface area contributed by atoms with Crippen LogP contribution in [-0.2, 0) is 0 Å². The lowest BCUT2D eigenvalue weighted by molar-refractivity contribution is 0.137. The molecular formula is C17H37N3Si. The highest BCUT2D eigenvalue weighted by Gasteiger charge is 2.46. The molecule has 2 unspecified atom stereocenters. The second-order valence-electron chi connectivity index (χ2n) is 8.28. The molecule has 0 aromatic heterocycles. The average Bonchev–Trinajstić information content (AvgIpc) is 2.70. The Bertz CT molecular complexity index is 326. The van der Waals surface area contributed by atoms with E-state index in [1.54, 1.807) is 0 Å². The van der Waals surface area contributed by atoms with Crippen molar-refractivity contribution < 1.29 is 0 Å². The van der Waals surface area contributed by atoms with Gasteiger partial charge in [0, 0.05) is 33.5 Å². The first-order valence-electron chi connectivity index (χ1n) is 9.18. The number of nitrogens with one attached hydrogen (secondary N) is 3. The van der Waals surface area contributed by atoms with Gasteiger partial charge in [0.1, 0.15) is 0 Å². The molecule has 2 saturated carbocycles. The van der Waals surface area contributed by atoms with Gasteiger partial charge in [0.05, 0.1) is 5.66 Å². The minimum atomic E-state index is 0.109. The molecule has 2 rings (SSSR count). The molecular weight excluding hydrogens is 274 g/mol. The predicted octanol–water partition coefficient (Wildman–Crippen LogP) is 1.85. The number of rotatable bonds is 6. The fraction of sp³-hybridized carbons (Fsp3) is 1.00. The molecule has 2 atom stereocenters. The van der Waals surface area contributed by atoms with E-state index in [2.05, 4.69) is 43.6 Å². The topological polar surface area (TPSA) is 36.1 Å². The van der Waals surface area contributed by atoms with Crippen molar-refractivity contribution in [3.8, 4) is 0 Å². The molecule has 2 aliphatic carbocycles. The van der Waals surface area contributed by atoms with Crippen LogP contribution in [-0.4, -0.2) is 39.2 Å². The molecule has 21 heavy (non-hydrogen) atoms. The van der Waals surface area contributed by atoms with E-state index in [0.717, 1.165) is 0 Å². The van der Waals surface area contributed by atoms with Crippen molar-refractivity contribution in [1.29, 1.82) is 0 Å². The second-order valence-corrected chi connectivity index (χ2v) is 10.2. The SMILES string of the molecule is CC(C)NC1CCCC1(NC(C)C)NC1([SiH3])CCCCC1. The molecule has 0 aromatic rings. The summed E-state index contributed by atoms with van der Waals surface area (Å²) >= 11 is 0. The minimum Gasteiger partial charge on any atom is -0.309 e. The molecule has 2 aliphatic rings. The van der Waals surface area contributed by atoms with Crippen LogP contribution in [0, 0.1) is 0 Å². The fourth-order valence-electron chi connectivity index (χ4n) is 4.50. The number of hydrogen-bond donors (Lipinski definition) is 3. The van der Waals surface area contributed by atoms with Gasteiger partial charge in [0.25, 0.3) is 0 Å². The molecule has 4 heteroatoms. The Labute approximate surface area is 134 Å². The lowest BCUT2D eigenvalue weighted by Crippen LogP contribution is -2.72. The monoisotopic (exact) mass is 311 g/mol. The van der Waals surface area contributed by atoms with Gasteiger partial charge in [-0.3, -0.25) is 10.6 Å². The summed E-state index contributed by atoms with van der Waals surface area (Å²) < 4.78 is 0. The fourth-order valence-corrected chi connectivity index (χ4v) is 5.66. The molecule has 2 fully saturated rings. The summed E-state index contributed by atoms with van der Waals surface area (Å²) in [4.78, 5) is 0. The molecule has 0 heterocycles. The Morgan fingerprint density at radius 1 is 0.905 bits per heavy atom. The maximum atomic E-state index is 4.18. The van der Waals surface area contributed by atoms with Crippen LogP contribution >= 0.6 is 0 Å². The van der Waals surface area contributed by atoms with Crippen molar-refractivity contribution in [2.75, 3.05) is 0 Å². The quantitative estimate of drug-likeness (QED) is 0.517. The van der Waals surface area contributed by atoms with Crippen molar-refractivity contribution in [1.82, 2.24) is 16.0 Å². The first-order chi connectivity index (χ1) is 9.85. The van der Waals surface area contributed by atoms with Crippen molar-refractivity contribution >= 4 is 10.2 Å². The summed E-state index contributed by atoms with van der Waals surface area (Å²) in [6.45, 7) is 9.12. The van der Waals surface area contributed by atoms with Gasteiger partial charge >= 0.3 is 0 Å². The van der Waals surface area contributed by atoms with Crippen LogP contribution in [0.15, 0.2) is 0 Å². The Hall–Kier alpha value is 0.0969. The van der Waals surface area contributed by atoms with Gasteiger partial charge < -0.3 is 5.32 Å². The van der Waals surface area contributed by atoms with E-state index < -0.39 is 0 Å². The zero-order valence-corrected chi connectivity index (χ0v) is 16.9. The third kappa shape index (κ3) is 4.53. The van der Waals surface area contributed by atoms with Gasteiger partial charge in [0.2, 0.25) is 0 Å². The first kappa shape index (κ1) is 17.5. The Morgan fingerprint density at radius 2 is 1.57 bits per heavy atom. The minimum absolute atomic E-state index is 0.109. The van der Waals surface area contributed by atoms with Gasteiger partial charge in [-0.25, -0.2) is 0 Å². The van der Waals surface area contributed by atoms with Gasteiger partial charge in [-0.15, -0.1) is 0 Å². The van der Waals surface area contributed by atoms with Crippen molar-refractivity contribution in [3.63, 3.8) is 0 Å². The lowest BCUT2D eigenvalue weighted by atomic mass is 9.91. The van der Waals surface area contributed by atoms with Crippen molar-refractivity contribution in [3.05, 3.63) is 0 Å². The van der Waals surface area contributed by atoms with Crippen LogP contribution in [0.25, 0.3) is 0 Å². The van der Waals surface area contributed by atoms with Gasteiger partial charge in [0.15, 0.2) is 0 Å². The summed E-state index contributed by atoms with van der Waals surface area (Å²) in [5.74, 6) is 0. The van der Waals surface area contributed by atoms with E-state index in [-0.39, 0.29) is 5.66 Å².